The number of hydrogen-bond donors (Lipinski definition) is 1. The van der Waals surface area contributed by atoms with Crippen LogP contribution in [-0.4, -0.2) is 20.4 Å². The first-order chi connectivity index (χ1) is 6.36. The van der Waals surface area contributed by atoms with Crippen LogP contribution in [-0.2, 0) is 0 Å². The van der Waals surface area contributed by atoms with Crippen LogP contribution in [0.25, 0.3) is 0 Å². The zero-order valence-electron chi connectivity index (χ0n) is 8.89. The lowest BCUT2D eigenvalue weighted by Crippen LogP contribution is -2.21. The summed E-state index contributed by atoms with van der Waals surface area (Å²) in [6, 6.07) is 0. The van der Waals surface area contributed by atoms with Crippen LogP contribution in [0.5, 0.6) is 0 Å². The van der Waals surface area contributed by atoms with Crippen LogP contribution in [0.15, 0.2) is 0 Å². The predicted octanol–water partition coefficient (Wildman–Crippen LogP) is 1.92. The van der Waals surface area contributed by atoms with E-state index in [-0.39, 0.29) is 0 Å². The summed E-state index contributed by atoms with van der Waals surface area (Å²) in [5.74, 6) is 3.14. The van der Waals surface area contributed by atoms with Crippen LogP contribution in [0, 0.1) is 17.8 Å². The van der Waals surface area contributed by atoms with Gasteiger partial charge in [0.15, 0.2) is 0 Å². The zero-order valence-corrected chi connectivity index (χ0v) is 8.89. The normalized spacial score (nSPS) is 41.2. The Morgan fingerprint density at radius 3 is 3.08 bits per heavy atom. The Bertz CT molecular complexity index is 160. The maximum absolute atomic E-state index is 3.55. The molecule has 1 nitrogen and oxygen atoms in total. The Kier molecular flexibility index (Phi) is 3.31. The average molecular weight is 179 g/mol. The van der Waals surface area contributed by atoms with Gasteiger partial charge in [-0.1, -0.05) is 19.6 Å². The quantitative estimate of drug-likeness (QED) is 0.560. The lowest BCUT2D eigenvalue weighted by atomic mass is 9.65. The molecule has 1 saturated carbocycles. The van der Waals surface area contributed by atoms with Crippen LogP contribution < -0.4 is 5.32 Å². The van der Waals surface area contributed by atoms with Gasteiger partial charge >= 0.3 is 0 Å². The van der Waals surface area contributed by atoms with E-state index < -0.39 is 0 Å². The number of fused-ring (bicyclic) bond motifs is 2. The molecule has 1 saturated heterocycles. The van der Waals surface area contributed by atoms with Crippen molar-refractivity contribution in [3.8, 4) is 0 Å². The van der Waals surface area contributed by atoms with Gasteiger partial charge in [0, 0.05) is 0 Å². The molecule has 74 valence electrons. The topological polar surface area (TPSA) is 12.0 Å². The Hall–Kier alpha value is 0.0249. The molecule has 2 rings (SSSR count). The summed E-state index contributed by atoms with van der Waals surface area (Å²) < 4.78 is 0. The molecule has 3 unspecified atom stereocenters. The monoisotopic (exact) mass is 179 g/mol. The SMILES string of the molecule is CC1CC2CCNCCBCC1C2. The van der Waals surface area contributed by atoms with Crippen LogP contribution in [0.1, 0.15) is 26.2 Å². The average Bonchev–Trinajstić information content (AvgIpc) is 2.45. The highest BCUT2D eigenvalue weighted by atomic mass is 14.8. The van der Waals surface area contributed by atoms with Gasteiger partial charge in [-0.15, -0.1) is 0 Å². The molecule has 1 aliphatic carbocycles. The van der Waals surface area contributed by atoms with Gasteiger partial charge in [0.1, 0.15) is 7.28 Å². The molecule has 0 radical (unpaired) electrons. The standard InChI is InChI=1S/C11H22BN/c1-9-6-10-2-4-13-5-3-12-8-11(9)7-10/h9-13H,2-8H2,1H3. The van der Waals surface area contributed by atoms with E-state index in [0.29, 0.717) is 0 Å². The van der Waals surface area contributed by atoms with Gasteiger partial charge in [-0.25, -0.2) is 0 Å². The molecule has 3 atom stereocenters. The molecular weight excluding hydrogens is 157 g/mol. The van der Waals surface area contributed by atoms with Crippen molar-refractivity contribution < 1.29 is 0 Å². The summed E-state index contributed by atoms with van der Waals surface area (Å²) in [6.07, 6.45) is 7.36. The molecule has 0 spiro atoms. The van der Waals surface area contributed by atoms with Crippen LogP contribution in [0.4, 0.5) is 0 Å². The third-order valence-corrected chi connectivity index (χ3v) is 4.05. The molecule has 13 heavy (non-hydrogen) atoms. The van der Waals surface area contributed by atoms with Crippen molar-refractivity contribution in [2.45, 2.75) is 38.8 Å². The second-order valence-electron chi connectivity index (χ2n) is 5.11. The molecule has 0 amide bonds. The summed E-state index contributed by atoms with van der Waals surface area (Å²) in [7, 11) is 1.45. The fourth-order valence-electron chi connectivity index (χ4n) is 3.20. The van der Waals surface area contributed by atoms with E-state index in [1.807, 2.05) is 0 Å². The molecule has 0 aromatic carbocycles. The van der Waals surface area contributed by atoms with Crippen LogP contribution in [0.3, 0.4) is 0 Å². The third kappa shape index (κ3) is 2.49. The van der Waals surface area contributed by atoms with E-state index in [4.69, 9.17) is 0 Å². The van der Waals surface area contributed by atoms with E-state index in [9.17, 15) is 0 Å². The zero-order chi connectivity index (χ0) is 9.10. The van der Waals surface area contributed by atoms with Crippen LogP contribution in [0.2, 0.25) is 12.6 Å². The van der Waals surface area contributed by atoms with Crippen molar-refractivity contribution in [3.63, 3.8) is 0 Å². The van der Waals surface area contributed by atoms with Crippen molar-refractivity contribution in [2.24, 2.45) is 17.8 Å². The van der Waals surface area contributed by atoms with Gasteiger partial charge in [0.25, 0.3) is 0 Å². The first kappa shape index (κ1) is 9.58. The van der Waals surface area contributed by atoms with Gasteiger partial charge in [0.2, 0.25) is 0 Å². The molecule has 0 aromatic heterocycles. The molecule has 2 aliphatic rings. The smallest absolute Gasteiger partial charge is 0.122 e. The summed E-state index contributed by atoms with van der Waals surface area (Å²) in [5.41, 5.74) is 0. The minimum absolute atomic E-state index is 1.02. The van der Waals surface area contributed by atoms with E-state index in [1.54, 1.807) is 0 Å². The van der Waals surface area contributed by atoms with Gasteiger partial charge in [0.05, 0.1) is 0 Å². The Labute approximate surface area is 82.9 Å². The Balaban J connectivity index is 1.89. The maximum Gasteiger partial charge on any atom is 0.122 e. The van der Waals surface area contributed by atoms with Crippen molar-refractivity contribution in [1.29, 1.82) is 0 Å². The Morgan fingerprint density at radius 1 is 1.23 bits per heavy atom. The lowest BCUT2D eigenvalue weighted by Gasteiger charge is -2.15. The molecule has 2 bridgehead atoms. The number of nitrogens with one attached hydrogen (secondary N) is 1. The summed E-state index contributed by atoms with van der Waals surface area (Å²) in [4.78, 5) is 0. The molecule has 0 aromatic rings. The van der Waals surface area contributed by atoms with Gasteiger partial charge in [-0.05, 0) is 50.1 Å². The predicted molar refractivity (Wildman–Crippen MR) is 59.6 cm³/mol. The minimum Gasteiger partial charge on any atom is -0.317 e. The first-order valence-corrected chi connectivity index (χ1v) is 6.07. The second kappa shape index (κ2) is 4.50. The maximum atomic E-state index is 3.55. The van der Waals surface area contributed by atoms with E-state index in [1.165, 1.54) is 52.3 Å². The summed E-state index contributed by atoms with van der Waals surface area (Å²) >= 11 is 0. The van der Waals surface area contributed by atoms with Crippen molar-refractivity contribution in [1.82, 2.24) is 5.32 Å². The summed E-state index contributed by atoms with van der Waals surface area (Å²) in [6.45, 7) is 4.99. The lowest BCUT2D eigenvalue weighted by molar-refractivity contribution is 0.453. The molecular formula is C11H22BN. The minimum atomic E-state index is 1.02. The largest absolute Gasteiger partial charge is 0.317 e. The van der Waals surface area contributed by atoms with Crippen molar-refractivity contribution >= 4 is 7.28 Å². The molecule has 1 N–H and O–H groups in total. The van der Waals surface area contributed by atoms with E-state index >= 15 is 0 Å². The third-order valence-electron chi connectivity index (χ3n) is 4.05. The molecule has 2 fully saturated rings. The van der Waals surface area contributed by atoms with Crippen molar-refractivity contribution in [3.05, 3.63) is 0 Å². The first-order valence-electron chi connectivity index (χ1n) is 6.07. The second-order valence-corrected chi connectivity index (χ2v) is 5.11. The summed E-state index contributed by atoms with van der Waals surface area (Å²) in [5, 5.41) is 3.55. The number of hydrogen-bond acceptors (Lipinski definition) is 1. The van der Waals surface area contributed by atoms with Gasteiger partial charge in [-0.3, -0.25) is 0 Å². The number of rotatable bonds is 0. The van der Waals surface area contributed by atoms with Gasteiger partial charge < -0.3 is 5.32 Å². The fraction of sp³-hybridized carbons (Fsp3) is 1.00. The fourth-order valence-corrected chi connectivity index (χ4v) is 3.20. The molecule has 1 heterocycles. The van der Waals surface area contributed by atoms with Crippen molar-refractivity contribution in [2.75, 3.05) is 13.1 Å². The highest BCUT2D eigenvalue weighted by Crippen LogP contribution is 2.40. The van der Waals surface area contributed by atoms with E-state index in [2.05, 4.69) is 12.2 Å². The highest BCUT2D eigenvalue weighted by Gasteiger charge is 2.30. The highest BCUT2D eigenvalue weighted by molar-refractivity contribution is 6.35. The Morgan fingerprint density at radius 2 is 2.15 bits per heavy atom. The van der Waals surface area contributed by atoms with Gasteiger partial charge in [-0.2, -0.15) is 0 Å². The molecule has 1 aliphatic heterocycles. The van der Waals surface area contributed by atoms with E-state index in [0.717, 1.165) is 17.8 Å². The van der Waals surface area contributed by atoms with Crippen LogP contribution >= 0.6 is 0 Å². The molecule has 2 heteroatoms.